The molecular formula is C16H19ClN2O4. The normalized spacial score (nSPS) is 20.9. The van der Waals surface area contributed by atoms with Crippen LogP contribution < -0.4 is 5.32 Å². The van der Waals surface area contributed by atoms with Gasteiger partial charge in [0.15, 0.2) is 0 Å². The summed E-state index contributed by atoms with van der Waals surface area (Å²) in [5.74, 6) is -1.48. The molecule has 2 rings (SSSR count). The lowest BCUT2D eigenvalue weighted by atomic mass is 9.82. The second-order valence-corrected chi connectivity index (χ2v) is 6.48. The molecule has 1 heterocycles. The van der Waals surface area contributed by atoms with Crippen molar-refractivity contribution in [1.82, 2.24) is 4.90 Å². The second kappa shape index (κ2) is 6.58. The fourth-order valence-electron chi connectivity index (χ4n) is 2.73. The Morgan fingerprint density at radius 2 is 2.04 bits per heavy atom. The predicted octanol–water partition coefficient (Wildman–Crippen LogP) is 2.63. The fraction of sp³-hybridized carbons (Fsp3) is 0.438. The third-order valence-electron chi connectivity index (χ3n) is 4.02. The maximum atomic E-state index is 12.7. The Morgan fingerprint density at radius 1 is 1.35 bits per heavy atom. The van der Waals surface area contributed by atoms with Crippen molar-refractivity contribution in [3.63, 3.8) is 0 Å². The number of halogens is 1. The molecule has 1 aromatic carbocycles. The number of likely N-dealkylation sites (tertiary alicyclic amines) is 1. The molecule has 23 heavy (non-hydrogen) atoms. The maximum Gasteiger partial charge on any atom is 0.311 e. The van der Waals surface area contributed by atoms with Gasteiger partial charge in [-0.1, -0.05) is 11.6 Å². The zero-order chi connectivity index (χ0) is 17.2. The fourth-order valence-corrected chi connectivity index (χ4v) is 2.93. The van der Waals surface area contributed by atoms with Crippen LogP contribution in [0, 0.1) is 5.41 Å². The first-order valence-corrected chi connectivity index (χ1v) is 7.70. The van der Waals surface area contributed by atoms with Gasteiger partial charge in [0.25, 0.3) is 5.91 Å². The summed E-state index contributed by atoms with van der Waals surface area (Å²) in [5.41, 5.74) is -0.217. The van der Waals surface area contributed by atoms with E-state index in [2.05, 4.69) is 5.32 Å². The zero-order valence-electron chi connectivity index (χ0n) is 13.1. The molecule has 124 valence electrons. The van der Waals surface area contributed by atoms with Crippen molar-refractivity contribution < 1.29 is 19.5 Å². The van der Waals surface area contributed by atoms with Crippen LogP contribution in [-0.2, 0) is 9.59 Å². The number of piperidine rings is 1. The number of nitrogens with one attached hydrogen (secondary N) is 1. The van der Waals surface area contributed by atoms with Crippen molar-refractivity contribution in [2.24, 2.45) is 5.41 Å². The molecule has 1 atom stereocenters. The largest absolute Gasteiger partial charge is 0.481 e. The molecule has 0 aliphatic carbocycles. The first-order chi connectivity index (χ1) is 10.7. The lowest BCUT2D eigenvalue weighted by Crippen LogP contribution is -2.48. The lowest BCUT2D eigenvalue weighted by Gasteiger charge is -2.37. The molecule has 0 bridgehead atoms. The number of nitrogens with zero attached hydrogens (tertiary/aromatic N) is 1. The number of carbonyl (C=O) groups excluding carboxylic acids is 2. The highest BCUT2D eigenvalue weighted by Gasteiger charge is 2.39. The number of carboxylic acid groups (broad SMARTS) is 1. The predicted molar refractivity (Wildman–Crippen MR) is 86.6 cm³/mol. The molecule has 0 radical (unpaired) electrons. The summed E-state index contributed by atoms with van der Waals surface area (Å²) in [6, 6.07) is 4.66. The number of benzene rings is 1. The molecule has 0 spiro atoms. The van der Waals surface area contributed by atoms with Gasteiger partial charge in [-0.3, -0.25) is 14.4 Å². The Labute approximate surface area is 139 Å². The van der Waals surface area contributed by atoms with E-state index in [1.807, 2.05) is 0 Å². The van der Waals surface area contributed by atoms with E-state index in [4.69, 9.17) is 11.6 Å². The van der Waals surface area contributed by atoms with Crippen LogP contribution in [-0.4, -0.2) is 40.9 Å². The van der Waals surface area contributed by atoms with Crippen LogP contribution in [0.4, 0.5) is 5.69 Å². The quantitative estimate of drug-likeness (QED) is 0.887. The molecular weight excluding hydrogens is 320 g/mol. The van der Waals surface area contributed by atoms with Crippen molar-refractivity contribution in [2.75, 3.05) is 18.4 Å². The van der Waals surface area contributed by atoms with Crippen LogP contribution in [0.2, 0.25) is 5.02 Å². The smallest absolute Gasteiger partial charge is 0.311 e. The van der Waals surface area contributed by atoms with Crippen LogP contribution in [0.3, 0.4) is 0 Å². The standard InChI is InChI=1S/C16H19ClN2O4/c1-10(20)18-11-4-5-13(17)12(8-11)14(21)19-7-3-6-16(2,9-19)15(22)23/h4-5,8H,3,6-7,9H2,1-2H3,(H,18,20)(H,22,23). The van der Waals surface area contributed by atoms with Crippen molar-refractivity contribution >= 4 is 35.1 Å². The average molecular weight is 339 g/mol. The van der Waals surface area contributed by atoms with Gasteiger partial charge in [-0.25, -0.2) is 0 Å². The minimum atomic E-state index is -0.949. The number of rotatable bonds is 3. The van der Waals surface area contributed by atoms with E-state index in [1.54, 1.807) is 19.1 Å². The molecule has 6 nitrogen and oxygen atoms in total. The Hall–Kier alpha value is -2.08. The van der Waals surface area contributed by atoms with E-state index in [1.165, 1.54) is 17.9 Å². The minimum Gasteiger partial charge on any atom is -0.481 e. The van der Waals surface area contributed by atoms with Gasteiger partial charge in [-0.2, -0.15) is 0 Å². The number of hydrogen-bond donors (Lipinski definition) is 2. The number of hydrogen-bond acceptors (Lipinski definition) is 3. The Balaban J connectivity index is 2.26. The molecule has 7 heteroatoms. The molecule has 1 saturated heterocycles. The second-order valence-electron chi connectivity index (χ2n) is 6.07. The number of amides is 2. The van der Waals surface area contributed by atoms with Crippen molar-refractivity contribution in [3.8, 4) is 0 Å². The Bertz CT molecular complexity index is 661. The lowest BCUT2D eigenvalue weighted by molar-refractivity contribution is -0.150. The number of aliphatic carboxylic acids is 1. The Kier molecular flexibility index (Phi) is 4.94. The molecule has 0 saturated carbocycles. The van der Waals surface area contributed by atoms with Gasteiger partial charge in [0.2, 0.25) is 5.91 Å². The van der Waals surface area contributed by atoms with Crippen molar-refractivity contribution in [3.05, 3.63) is 28.8 Å². The molecule has 2 N–H and O–H groups in total. The summed E-state index contributed by atoms with van der Waals surface area (Å²) in [4.78, 5) is 36.8. The van der Waals surface area contributed by atoms with E-state index in [0.29, 0.717) is 25.1 Å². The van der Waals surface area contributed by atoms with Gasteiger partial charge in [0.1, 0.15) is 0 Å². The van der Waals surface area contributed by atoms with E-state index in [-0.39, 0.29) is 28.9 Å². The van der Waals surface area contributed by atoms with Crippen molar-refractivity contribution in [2.45, 2.75) is 26.7 Å². The third kappa shape index (κ3) is 3.82. The summed E-state index contributed by atoms with van der Waals surface area (Å²) in [6.45, 7) is 3.65. The van der Waals surface area contributed by atoms with Crippen molar-refractivity contribution in [1.29, 1.82) is 0 Å². The van der Waals surface area contributed by atoms with Gasteiger partial charge in [-0.15, -0.1) is 0 Å². The summed E-state index contributed by atoms with van der Waals surface area (Å²) < 4.78 is 0. The molecule has 1 aliphatic heterocycles. The van der Waals surface area contributed by atoms with E-state index >= 15 is 0 Å². The minimum absolute atomic E-state index is 0.141. The summed E-state index contributed by atoms with van der Waals surface area (Å²) in [7, 11) is 0. The van der Waals surface area contributed by atoms with Crippen LogP contribution in [0.1, 0.15) is 37.0 Å². The van der Waals surface area contributed by atoms with Gasteiger partial charge in [-0.05, 0) is 38.0 Å². The molecule has 0 aromatic heterocycles. The average Bonchev–Trinajstić information content (AvgIpc) is 2.48. The molecule has 1 aromatic rings. The van der Waals surface area contributed by atoms with Crippen LogP contribution >= 0.6 is 11.6 Å². The molecule has 1 aliphatic rings. The van der Waals surface area contributed by atoms with Gasteiger partial charge in [0, 0.05) is 25.7 Å². The number of carbonyl (C=O) groups is 3. The summed E-state index contributed by atoms with van der Waals surface area (Å²) in [5, 5.41) is 12.2. The van der Waals surface area contributed by atoms with Crippen LogP contribution in [0.25, 0.3) is 0 Å². The van der Waals surface area contributed by atoms with E-state index in [0.717, 1.165) is 0 Å². The van der Waals surface area contributed by atoms with Gasteiger partial charge in [0.05, 0.1) is 16.0 Å². The Morgan fingerprint density at radius 3 is 2.65 bits per heavy atom. The van der Waals surface area contributed by atoms with Gasteiger partial charge >= 0.3 is 5.97 Å². The third-order valence-corrected chi connectivity index (χ3v) is 4.35. The highest BCUT2D eigenvalue weighted by atomic mass is 35.5. The van der Waals surface area contributed by atoms with Crippen LogP contribution in [0.5, 0.6) is 0 Å². The summed E-state index contributed by atoms with van der Waals surface area (Å²) in [6.07, 6.45) is 1.16. The maximum absolute atomic E-state index is 12.7. The highest BCUT2D eigenvalue weighted by Crippen LogP contribution is 2.31. The topological polar surface area (TPSA) is 86.7 Å². The molecule has 1 unspecified atom stereocenters. The highest BCUT2D eigenvalue weighted by molar-refractivity contribution is 6.34. The monoisotopic (exact) mass is 338 g/mol. The zero-order valence-corrected chi connectivity index (χ0v) is 13.8. The van der Waals surface area contributed by atoms with Crippen LogP contribution in [0.15, 0.2) is 18.2 Å². The first kappa shape index (κ1) is 17.3. The number of carboxylic acids is 1. The molecule has 2 amide bonds. The van der Waals surface area contributed by atoms with E-state index in [9.17, 15) is 19.5 Å². The number of anilines is 1. The SMILES string of the molecule is CC(=O)Nc1ccc(Cl)c(C(=O)N2CCCC(C)(C(=O)O)C2)c1. The van der Waals surface area contributed by atoms with E-state index < -0.39 is 11.4 Å². The summed E-state index contributed by atoms with van der Waals surface area (Å²) >= 11 is 6.10. The first-order valence-electron chi connectivity index (χ1n) is 7.33. The molecule has 1 fully saturated rings. The van der Waals surface area contributed by atoms with Gasteiger partial charge < -0.3 is 15.3 Å².